The van der Waals surface area contributed by atoms with Crippen LogP contribution in [-0.4, -0.2) is 31.3 Å². The van der Waals surface area contributed by atoms with Gasteiger partial charge in [0.15, 0.2) is 0 Å². The average molecular weight is 428 g/mol. The fourth-order valence-corrected chi connectivity index (χ4v) is 3.65. The number of aliphatic hydroxyl groups excluding tert-OH is 1. The molecular weight excluding hydrogens is 398 g/mol. The molecule has 0 atom stereocenters. The maximum Gasteiger partial charge on any atom is 0.255 e. The van der Waals surface area contributed by atoms with Gasteiger partial charge in [-0.1, -0.05) is 19.9 Å². The lowest BCUT2D eigenvalue weighted by atomic mass is 10.1. The number of benzene rings is 2. The van der Waals surface area contributed by atoms with Crippen LogP contribution in [0.1, 0.15) is 29.1 Å². The van der Waals surface area contributed by atoms with Crippen molar-refractivity contribution in [3.8, 4) is 16.2 Å². The van der Waals surface area contributed by atoms with E-state index in [2.05, 4.69) is 16.7 Å². The molecule has 0 saturated carbocycles. The molecule has 160 valence electrons. The van der Waals surface area contributed by atoms with E-state index in [9.17, 15) is 4.79 Å². The Kier molecular flexibility index (Phi) is 9.34. The Bertz CT molecular complexity index is 939. The highest BCUT2D eigenvalue weighted by Crippen LogP contribution is 2.32. The number of aliphatic hydroxyl groups is 1. The predicted molar refractivity (Wildman–Crippen MR) is 125 cm³/mol. The lowest BCUT2D eigenvalue weighted by molar-refractivity contribution is 0.102. The molecule has 1 heterocycles. The summed E-state index contributed by atoms with van der Waals surface area (Å²) in [4.78, 5) is 14.8. The van der Waals surface area contributed by atoms with E-state index in [1.165, 1.54) is 4.88 Å². The Morgan fingerprint density at radius 3 is 2.50 bits per heavy atom. The van der Waals surface area contributed by atoms with Crippen molar-refractivity contribution in [2.75, 3.05) is 31.3 Å². The molecule has 0 aliphatic carbocycles. The van der Waals surface area contributed by atoms with Gasteiger partial charge in [0.1, 0.15) is 5.75 Å². The first-order chi connectivity index (χ1) is 14.6. The van der Waals surface area contributed by atoms with Crippen molar-refractivity contribution in [2.45, 2.75) is 20.4 Å². The molecule has 0 radical (unpaired) electrons. The Balaban J connectivity index is 0.00000155. The van der Waals surface area contributed by atoms with Crippen LogP contribution < -0.4 is 21.1 Å². The number of rotatable bonds is 8. The predicted octanol–water partition coefficient (Wildman–Crippen LogP) is 4.37. The van der Waals surface area contributed by atoms with E-state index in [4.69, 9.17) is 15.6 Å². The highest BCUT2D eigenvalue weighted by Gasteiger charge is 2.11. The quantitative estimate of drug-likeness (QED) is 0.316. The van der Waals surface area contributed by atoms with Gasteiger partial charge in [-0.3, -0.25) is 4.79 Å². The third kappa shape index (κ3) is 6.32. The van der Waals surface area contributed by atoms with Crippen molar-refractivity contribution in [2.24, 2.45) is 0 Å². The molecule has 0 saturated heterocycles. The van der Waals surface area contributed by atoms with E-state index in [0.29, 0.717) is 35.8 Å². The second-order valence-corrected chi connectivity index (χ2v) is 7.32. The van der Waals surface area contributed by atoms with Crippen LogP contribution >= 0.6 is 11.3 Å². The van der Waals surface area contributed by atoms with Crippen molar-refractivity contribution >= 4 is 28.6 Å². The topological polar surface area (TPSA) is 96.6 Å². The van der Waals surface area contributed by atoms with Gasteiger partial charge in [-0.05, 0) is 54.1 Å². The van der Waals surface area contributed by atoms with Gasteiger partial charge < -0.3 is 26.2 Å². The van der Waals surface area contributed by atoms with E-state index in [1.54, 1.807) is 48.8 Å². The molecule has 0 bridgehead atoms. The summed E-state index contributed by atoms with van der Waals surface area (Å²) in [7, 11) is 1.58. The Morgan fingerprint density at radius 2 is 1.83 bits per heavy atom. The van der Waals surface area contributed by atoms with Crippen LogP contribution in [0.4, 0.5) is 11.4 Å². The molecule has 7 heteroatoms. The second kappa shape index (κ2) is 12.0. The number of ether oxygens (including phenoxy) is 1. The molecule has 6 nitrogen and oxygen atoms in total. The average Bonchev–Trinajstić information content (AvgIpc) is 3.26. The molecule has 1 aromatic heterocycles. The van der Waals surface area contributed by atoms with E-state index < -0.39 is 0 Å². The molecule has 5 N–H and O–H groups in total. The highest BCUT2D eigenvalue weighted by atomic mass is 32.1. The molecule has 1 amide bonds. The fourth-order valence-electron chi connectivity index (χ4n) is 2.67. The number of methoxy groups -OCH3 is 1. The molecule has 0 aliphatic heterocycles. The number of nitrogen functional groups attached to an aromatic ring is 1. The third-order valence-corrected chi connectivity index (χ3v) is 5.32. The monoisotopic (exact) mass is 427 g/mol. The van der Waals surface area contributed by atoms with Gasteiger partial charge in [0.25, 0.3) is 5.91 Å². The van der Waals surface area contributed by atoms with E-state index >= 15 is 0 Å². The fraction of sp³-hybridized carbons (Fsp3) is 0.261. The number of anilines is 2. The SMILES string of the molecule is CC.COc1ccc(C(=O)Nc2cc(-c3ccc(CNCCO)s3)ccc2N)cc1. The number of nitrogens with two attached hydrogens (primary N) is 1. The maximum absolute atomic E-state index is 12.5. The maximum atomic E-state index is 12.5. The zero-order chi connectivity index (χ0) is 21.9. The van der Waals surface area contributed by atoms with Crippen LogP contribution in [0.5, 0.6) is 5.75 Å². The van der Waals surface area contributed by atoms with Crippen molar-refractivity contribution < 1.29 is 14.6 Å². The summed E-state index contributed by atoms with van der Waals surface area (Å²) in [6.45, 7) is 5.39. The number of carbonyl (C=O) groups is 1. The first kappa shape index (κ1) is 23.4. The van der Waals surface area contributed by atoms with Gasteiger partial charge in [0, 0.05) is 28.4 Å². The third-order valence-electron chi connectivity index (χ3n) is 4.19. The summed E-state index contributed by atoms with van der Waals surface area (Å²) >= 11 is 1.66. The van der Waals surface area contributed by atoms with Gasteiger partial charge in [0.05, 0.1) is 25.1 Å². The van der Waals surface area contributed by atoms with Crippen LogP contribution in [0, 0.1) is 0 Å². The highest BCUT2D eigenvalue weighted by molar-refractivity contribution is 7.15. The molecule has 3 aromatic rings. The standard InChI is InChI=1S/C21H23N3O3S.C2H6/c1-27-16-5-2-14(3-6-16)21(26)24-19-12-15(4-8-18(19)22)20-9-7-17(28-20)13-23-10-11-25;1-2/h2-9,12,23,25H,10-11,13,22H2,1H3,(H,24,26);1-2H3. The number of hydrogen-bond donors (Lipinski definition) is 4. The van der Waals surface area contributed by atoms with Gasteiger partial charge in [0.2, 0.25) is 0 Å². The summed E-state index contributed by atoms with van der Waals surface area (Å²) in [5, 5.41) is 14.9. The minimum atomic E-state index is -0.230. The minimum absolute atomic E-state index is 0.119. The molecule has 3 rings (SSSR count). The Labute approximate surface area is 181 Å². The normalized spacial score (nSPS) is 10.1. The van der Waals surface area contributed by atoms with E-state index in [-0.39, 0.29) is 12.5 Å². The largest absolute Gasteiger partial charge is 0.497 e. The van der Waals surface area contributed by atoms with E-state index in [1.807, 2.05) is 32.0 Å². The zero-order valence-corrected chi connectivity index (χ0v) is 18.4. The lowest BCUT2D eigenvalue weighted by Crippen LogP contribution is -2.16. The number of hydrogen-bond acceptors (Lipinski definition) is 6. The van der Waals surface area contributed by atoms with Crippen LogP contribution in [0.3, 0.4) is 0 Å². The van der Waals surface area contributed by atoms with Crippen LogP contribution in [0.15, 0.2) is 54.6 Å². The van der Waals surface area contributed by atoms with Gasteiger partial charge in [-0.25, -0.2) is 0 Å². The van der Waals surface area contributed by atoms with Crippen LogP contribution in [-0.2, 0) is 6.54 Å². The minimum Gasteiger partial charge on any atom is -0.497 e. The number of thiophene rings is 1. The molecule has 0 unspecified atom stereocenters. The first-order valence-corrected chi connectivity index (χ1v) is 10.7. The van der Waals surface area contributed by atoms with Crippen LogP contribution in [0.25, 0.3) is 10.4 Å². The summed E-state index contributed by atoms with van der Waals surface area (Å²) in [5.74, 6) is 0.464. The van der Waals surface area contributed by atoms with Gasteiger partial charge in [-0.2, -0.15) is 0 Å². The molecule has 30 heavy (non-hydrogen) atoms. The molecule has 0 spiro atoms. The number of nitrogens with one attached hydrogen (secondary N) is 2. The van der Waals surface area contributed by atoms with Crippen LogP contribution in [0.2, 0.25) is 0 Å². The molecular formula is C23H29N3O3S. The smallest absolute Gasteiger partial charge is 0.255 e. The molecule has 0 fully saturated rings. The summed E-state index contributed by atoms with van der Waals surface area (Å²) in [6.07, 6.45) is 0. The van der Waals surface area contributed by atoms with Crippen molar-refractivity contribution in [1.82, 2.24) is 5.32 Å². The Morgan fingerprint density at radius 1 is 1.10 bits per heavy atom. The Hall–Kier alpha value is -2.87. The van der Waals surface area contributed by atoms with Gasteiger partial charge in [-0.15, -0.1) is 11.3 Å². The van der Waals surface area contributed by atoms with Crippen molar-refractivity contribution in [3.63, 3.8) is 0 Å². The summed E-state index contributed by atoms with van der Waals surface area (Å²) in [6, 6.07) is 16.6. The molecule has 0 aliphatic rings. The second-order valence-electron chi connectivity index (χ2n) is 6.15. The van der Waals surface area contributed by atoms with Crippen molar-refractivity contribution in [1.29, 1.82) is 0 Å². The first-order valence-electron chi connectivity index (χ1n) is 9.86. The van der Waals surface area contributed by atoms with Crippen molar-refractivity contribution in [3.05, 3.63) is 65.0 Å². The van der Waals surface area contributed by atoms with Gasteiger partial charge >= 0.3 is 0 Å². The number of carbonyl (C=O) groups excluding carboxylic acids is 1. The lowest BCUT2D eigenvalue weighted by Gasteiger charge is -2.10. The number of amides is 1. The summed E-state index contributed by atoms with van der Waals surface area (Å²) in [5.41, 5.74) is 8.65. The van der Waals surface area contributed by atoms with E-state index in [0.717, 1.165) is 10.4 Å². The zero-order valence-electron chi connectivity index (χ0n) is 17.6. The molecule has 2 aromatic carbocycles. The summed E-state index contributed by atoms with van der Waals surface area (Å²) < 4.78 is 5.12.